The van der Waals surface area contributed by atoms with Crippen LogP contribution in [0.25, 0.3) is 0 Å². The van der Waals surface area contributed by atoms with Gasteiger partial charge in [0.1, 0.15) is 5.82 Å². The number of amides is 1. The third kappa shape index (κ3) is 4.03. The highest BCUT2D eigenvalue weighted by Gasteiger charge is 2.08. The fourth-order valence-electron chi connectivity index (χ4n) is 2.08. The molecule has 0 bridgehead atoms. The average molecular weight is 284 g/mol. The number of aromatic nitrogens is 1. The molecule has 1 aromatic carbocycles. The van der Waals surface area contributed by atoms with Crippen molar-refractivity contribution in [1.29, 1.82) is 0 Å². The molecular formula is C16H20N4O. The summed E-state index contributed by atoms with van der Waals surface area (Å²) < 4.78 is 0. The predicted octanol–water partition coefficient (Wildman–Crippen LogP) is 2.53. The molecule has 0 saturated carbocycles. The van der Waals surface area contributed by atoms with Gasteiger partial charge in [-0.3, -0.25) is 4.79 Å². The Kier molecular flexibility index (Phi) is 5.29. The maximum absolute atomic E-state index is 11.5. The number of anilines is 3. The maximum Gasteiger partial charge on any atom is 0.226 e. The van der Waals surface area contributed by atoms with Crippen molar-refractivity contribution in [2.45, 2.75) is 13.3 Å². The molecule has 0 aliphatic rings. The molecule has 5 heteroatoms. The minimum Gasteiger partial charge on any atom is -0.341 e. The largest absolute Gasteiger partial charge is 0.341 e. The highest BCUT2D eigenvalue weighted by atomic mass is 16.1. The van der Waals surface area contributed by atoms with Crippen molar-refractivity contribution < 1.29 is 4.79 Å². The van der Waals surface area contributed by atoms with Crippen LogP contribution in [-0.2, 0) is 4.79 Å². The lowest BCUT2D eigenvalue weighted by molar-refractivity contribution is -0.116. The van der Waals surface area contributed by atoms with Crippen LogP contribution < -0.4 is 16.0 Å². The van der Waals surface area contributed by atoms with Gasteiger partial charge in [0.25, 0.3) is 0 Å². The molecule has 110 valence electrons. The van der Waals surface area contributed by atoms with E-state index in [-0.39, 0.29) is 5.91 Å². The zero-order valence-electron chi connectivity index (χ0n) is 12.1. The zero-order valence-corrected chi connectivity index (χ0v) is 12.1. The Hall–Kier alpha value is -2.40. The number of carbonyl (C=O) groups is 1. The molecule has 0 fully saturated rings. The van der Waals surface area contributed by atoms with Gasteiger partial charge in [-0.15, -0.1) is 0 Å². The zero-order chi connectivity index (χ0) is 15.1. The molecule has 1 heterocycles. The van der Waals surface area contributed by atoms with Crippen LogP contribution in [-0.4, -0.2) is 24.0 Å². The summed E-state index contributed by atoms with van der Waals surface area (Å²) in [7, 11) is 0. The van der Waals surface area contributed by atoms with Gasteiger partial charge < -0.3 is 16.0 Å². The first-order valence-corrected chi connectivity index (χ1v) is 7.03. The van der Waals surface area contributed by atoms with E-state index in [4.69, 9.17) is 5.73 Å². The normalized spacial score (nSPS) is 10.2. The Balaban J connectivity index is 2.12. The molecule has 21 heavy (non-hydrogen) atoms. The van der Waals surface area contributed by atoms with Gasteiger partial charge in [-0.2, -0.15) is 0 Å². The number of hydrogen-bond donors (Lipinski definition) is 2. The molecule has 2 aromatic rings. The Bertz CT molecular complexity index is 569. The number of nitrogens with two attached hydrogens (primary N) is 1. The van der Waals surface area contributed by atoms with Crippen molar-refractivity contribution in [3.8, 4) is 0 Å². The first-order chi connectivity index (χ1) is 10.2. The van der Waals surface area contributed by atoms with Gasteiger partial charge in [0.15, 0.2) is 0 Å². The Labute approximate surface area is 124 Å². The molecule has 0 radical (unpaired) electrons. The number of pyridine rings is 1. The molecule has 0 saturated heterocycles. The van der Waals surface area contributed by atoms with E-state index in [0.29, 0.717) is 18.8 Å². The fourth-order valence-corrected chi connectivity index (χ4v) is 2.08. The summed E-state index contributed by atoms with van der Waals surface area (Å²) >= 11 is 0. The summed E-state index contributed by atoms with van der Waals surface area (Å²) in [6, 6.07) is 13.9. The number of hydrogen-bond acceptors (Lipinski definition) is 4. The van der Waals surface area contributed by atoms with Crippen LogP contribution in [0.4, 0.5) is 17.2 Å². The first-order valence-electron chi connectivity index (χ1n) is 7.03. The Morgan fingerprint density at radius 2 is 1.95 bits per heavy atom. The summed E-state index contributed by atoms with van der Waals surface area (Å²) in [6.07, 6.45) is 2.06. The second-order valence-corrected chi connectivity index (χ2v) is 4.57. The van der Waals surface area contributed by atoms with Gasteiger partial charge in [0, 0.05) is 25.2 Å². The molecule has 0 spiro atoms. The van der Waals surface area contributed by atoms with Crippen molar-refractivity contribution >= 4 is 23.1 Å². The predicted molar refractivity (Wildman–Crippen MR) is 85.7 cm³/mol. The van der Waals surface area contributed by atoms with Crippen LogP contribution >= 0.6 is 0 Å². The monoisotopic (exact) mass is 284 g/mol. The van der Waals surface area contributed by atoms with Crippen LogP contribution in [0.15, 0.2) is 48.7 Å². The smallest absolute Gasteiger partial charge is 0.226 e. The fraction of sp³-hybridized carbons (Fsp3) is 0.250. The lowest BCUT2D eigenvalue weighted by Crippen LogP contribution is -2.18. The Morgan fingerprint density at radius 1 is 1.19 bits per heavy atom. The average Bonchev–Trinajstić information content (AvgIpc) is 2.51. The van der Waals surface area contributed by atoms with Crippen LogP contribution in [0.5, 0.6) is 0 Å². The molecule has 3 N–H and O–H groups in total. The number of benzene rings is 1. The molecule has 0 atom stereocenters. The van der Waals surface area contributed by atoms with Crippen LogP contribution in [0.2, 0.25) is 0 Å². The molecule has 0 aliphatic heterocycles. The van der Waals surface area contributed by atoms with Crippen LogP contribution in [0.3, 0.4) is 0 Å². The van der Waals surface area contributed by atoms with Gasteiger partial charge in [-0.05, 0) is 31.2 Å². The van der Waals surface area contributed by atoms with Crippen molar-refractivity contribution in [2.24, 2.45) is 5.73 Å². The minimum absolute atomic E-state index is 0.117. The number of rotatable bonds is 6. The lowest BCUT2D eigenvalue weighted by atomic mass is 10.2. The topological polar surface area (TPSA) is 71.2 Å². The van der Waals surface area contributed by atoms with E-state index in [1.54, 1.807) is 12.3 Å². The summed E-state index contributed by atoms with van der Waals surface area (Å²) in [5.41, 5.74) is 7.44. The molecule has 1 aromatic heterocycles. The molecular weight excluding hydrogens is 264 g/mol. The third-order valence-electron chi connectivity index (χ3n) is 3.08. The molecule has 0 unspecified atom stereocenters. The van der Waals surface area contributed by atoms with Crippen LogP contribution in [0, 0.1) is 0 Å². The van der Waals surface area contributed by atoms with Crippen molar-refractivity contribution in [1.82, 2.24) is 4.98 Å². The summed E-state index contributed by atoms with van der Waals surface area (Å²) in [5, 5.41) is 2.72. The second kappa shape index (κ2) is 7.40. The standard InChI is InChI=1S/C16H20N4O/c1-2-20(13-6-4-3-5-7-13)14-8-9-15(18-12-14)19-16(21)10-11-17/h3-9,12H,2,10-11,17H2,1H3,(H,18,19,21). The molecule has 0 aliphatic carbocycles. The van der Waals surface area contributed by atoms with E-state index in [2.05, 4.69) is 34.3 Å². The maximum atomic E-state index is 11.5. The van der Waals surface area contributed by atoms with Gasteiger partial charge >= 0.3 is 0 Å². The number of nitrogens with zero attached hydrogens (tertiary/aromatic N) is 2. The Morgan fingerprint density at radius 3 is 2.52 bits per heavy atom. The molecule has 2 rings (SSSR count). The lowest BCUT2D eigenvalue weighted by Gasteiger charge is -2.23. The molecule has 5 nitrogen and oxygen atoms in total. The summed E-state index contributed by atoms with van der Waals surface area (Å²) in [4.78, 5) is 17.9. The number of carbonyl (C=O) groups excluding carboxylic acids is 1. The van der Waals surface area contributed by atoms with E-state index in [1.807, 2.05) is 24.3 Å². The van der Waals surface area contributed by atoms with Gasteiger partial charge in [-0.1, -0.05) is 18.2 Å². The van der Waals surface area contributed by atoms with E-state index in [1.165, 1.54) is 0 Å². The highest BCUT2D eigenvalue weighted by molar-refractivity contribution is 5.89. The van der Waals surface area contributed by atoms with Crippen molar-refractivity contribution in [2.75, 3.05) is 23.3 Å². The van der Waals surface area contributed by atoms with E-state index < -0.39 is 0 Å². The van der Waals surface area contributed by atoms with Crippen molar-refractivity contribution in [3.63, 3.8) is 0 Å². The number of nitrogens with one attached hydrogen (secondary N) is 1. The van der Waals surface area contributed by atoms with E-state index >= 15 is 0 Å². The number of para-hydroxylation sites is 1. The SMILES string of the molecule is CCN(c1ccccc1)c1ccc(NC(=O)CCN)nc1. The van der Waals surface area contributed by atoms with E-state index in [9.17, 15) is 4.79 Å². The quantitative estimate of drug-likeness (QED) is 0.855. The second-order valence-electron chi connectivity index (χ2n) is 4.57. The first kappa shape index (κ1) is 15.0. The van der Waals surface area contributed by atoms with Gasteiger partial charge in [0.2, 0.25) is 5.91 Å². The van der Waals surface area contributed by atoms with Crippen LogP contribution in [0.1, 0.15) is 13.3 Å². The third-order valence-corrected chi connectivity index (χ3v) is 3.08. The van der Waals surface area contributed by atoms with E-state index in [0.717, 1.165) is 17.9 Å². The summed E-state index contributed by atoms with van der Waals surface area (Å²) in [6.45, 7) is 3.26. The van der Waals surface area contributed by atoms with Gasteiger partial charge in [0.05, 0.1) is 11.9 Å². The minimum atomic E-state index is -0.117. The van der Waals surface area contributed by atoms with Crippen molar-refractivity contribution in [3.05, 3.63) is 48.7 Å². The van der Waals surface area contributed by atoms with Gasteiger partial charge in [-0.25, -0.2) is 4.98 Å². The summed E-state index contributed by atoms with van der Waals surface area (Å²) in [5.74, 6) is 0.425. The molecule has 1 amide bonds. The highest BCUT2D eigenvalue weighted by Crippen LogP contribution is 2.24.